The number of hydrogen-bond acceptors (Lipinski definition) is 6. The van der Waals surface area contributed by atoms with E-state index in [1.807, 2.05) is 28.9 Å². The lowest BCUT2D eigenvalue weighted by atomic mass is 10.1. The highest BCUT2D eigenvalue weighted by molar-refractivity contribution is 5.80. The van der Waals surface area contributed by atoms with Gasteiger partial charge in [0.2, 0.25) is 5.88 Å². The predicted molar refractivity (Wildman–Crippen MR) is 91.8 cm³/mol. The maximum Gasteiger partial charge on any atom is 0.233 e. The van der Waals surface area contributed by atoms with Gasteiger partial charge < -0.3 is 4.74 Å². The van der Waals surface area contributed by atoms with E-state index in [-0.39, 0.29) is 5.54 Å². The first-order valence-corrected chi connectivity index (χ1v) is 7.86. The third-order valence-electron chi connectivity index (χ3n) is 3.68. The molecule has 0 saturated heterocycles. The molecule has 0 atom stereocenters. The van der Waals surface area contributed by atoms with Crippen LogP contribution in [0, 0.1) is 0 Å². The zero-order valence-electron chi connectivity index (χ0n) is 14.2. The van der Waals surface area contributed by atoms with Crippen molar-refractivity contribution in [1.29, 1.82) is 0 Å². The van der Waals surface area contributed by atoms with E-state index in [0.29, 0.717) is 11.6 Å². The molecule has 0 N–H and O–H groups in total. The van der Waals surface area contributed by atoms with Gasteiger partial charge in [0.05, 0.1) is 29.8 Å². The highest BCUT2D eigenvalue weighted by Gasteiger charge is 2.20. The van der Waals surface area contributed by atoms with Crippen LogP contribution in [-0.2, 0) is 5.54 Å². The minimum atomic E-state index is -0.180. The molecular weight excluding hydrogens is 318 g/mol. The van der Waals surface area contributed by atoms with Gasteiger partial charge in [-0.2, -0.15) is 5.10 Å². The van der Waals surface area contributed by atoms with Gasteiger partial charge in [-0.3, -0.25) is 0 Å². The van der Waals surface area contributed by atoms with Crippen LogP contribution in [0.15, 0.2) is 49.2 Å². The van der Waals surface area contributed by atoms with E-state index in [9.17, 15) is 0 Å². The number of aromatic nitrogens is 7. The van der Waals surface area contributed by atoms with E-state index in [4.69, 9.17) is 4.74 Å². The Morgan fingerprint density at radius 1 is 1.12 bits per heavy atom. The molecule has 0 aliphatic heterocycles. The van der Waals surface area contributed by atoms with Crippen molar-refractivity contribution in [2.24, 2.45) is 0 Å². The van der Waals surface area contributed by atoms with Crippen LogP contribution in [0.3, 0.4) is 0 Å². The Morgan fingerprint density at radius 2 is 2.00 bits per heavy atom. The van der Waals surface area contributed by atoms with E-state index in [1.54, 1.807) is 23.3 Å². The zero-order valence-corrected chi connectivity index (χ0v) is 14.2. The lowest BCUT2D eigenvalue weighted by molar-refractivity contribution is 0.365. The molecule has 3 heterocycles. The minimum Gasteiger partial charge on any atom is -0.438 e. The molecule has 0 amide bonds. The van der Waals surface area contributed by atoms with E-state index in [2.05, 4.69) is 46.1 Å². The molecule has 0 aliphatic carbocycles. The zero-order chi connectivity index (χ0) is 17.4. The molecule has 4 rings (SSSR count). The molecule has 0 saturated carbocycles. The van der Waals surface area contributed by atoms with Crippen LogP contribution in [0.4, 0.5) is 0 Å². The molecular formula is C17H17N7O. The molecule has 0 radical (unpaired) electrons. The fraction of sp³-hybridized carbons (Fsp3) is 0.235. The van der Waals surface area contributed by atoms with Gasteiger partial charge in [-0.15, -0.1) is 5.10 Å². The van der Waals surface area contributed by atoms with Gasteiger partial charge in [-0.25, -0.2) is 19.3 Å². The van der Waals surface area contributed by atoms with Crippen LogP contribution < -0.4 is 4.74 Å². The highest BCUT2D eigenvalue weighted by atomic mass is 16.5. The monoisotopic (exact) mass is 335 g/mol. The van der Waals surface area contributed by atoms with E-state index in [0.717, 1.165) is 16.7 Å². The van der Waals surface area contributed by atoms with Gasteiger partial charge in [-0.05, 0) is 32.9 Å². The molecule has 4 aromatic rings. The van der Waals surface area contributed by atoms with Crippen LogP contribution in [0.2, 0.25) is 0 Å². The number of ether oxygens (including phenoxy) is 1. The van der Waals surface area contributed by atoms with Gasteiger partial charge >= 0.3 is 0 Å². The summed E-state index contributed by atoms with van der Waals surface area (Å²) in [6.45, 7) is 6.22. The second-order valence-electron chi connectivity index (χ2n) is 6.59. The summed E-state index contributed by atoms with van der Waals surface area (Å²) in [4.78, 5) is 8.62. The third kappa shape index (κ3) is 2.82. The predicted octanol–water partition coefficient (Wildman–Crippen LogP) is 2.95. The summed E-state index contributed by atoms with van der Waals surface area (Å²) in [5.41, 5.74) is 1.41. The average molecular weight is 335 g/mol. The first-order valence-electron chi connectivity index (χ1n) is 7.86. The Labute approximate surface area is 144 Å². The number of nitrogens with zero attached hydrogens (tertiary/aromatic N) is 7. The van der Waals surface area contributed by atoms with Crippen molar-refractivity contribution in [3.8, 4) is 17.3 Å². The van der Waals surface area contributed by atoms with Crippen molar-refractivity contribution in [2.45, 2.75) is 26.3 Å². The van der Waals surface area contributed by atoms with Crippen molar-refractivity contribution in [2.75, 3.05) is 0 Å². The smallest absolute Gasteiger partial charge is 0.233 e. The number of rotatable bonds is 3. The average Bonchev–Trinajstić information content (AvgIpc) is 3.25. The molecule has 25 heavy (non-hydrogen) atoms. The molecule has 0 spiro atoms. The van der Waals surface area contributed by atoms with Gasteiger partial charge in [-0.1, -0.05) is 11.3 Å². The summed E-state index contributed by atoms with van der Waals surface area (Å²) in [6.07, 6.45) is 6.62. The van der Waals surface area contributed by atoms with Gasteiger partial charge in [0, 0.05) is 6.07 Å². The Hall–Kier alpha value is -3.29. The van der Waals surface area contributed by atoms with Crippen LogP contribution in [-0.4, -0.2) is 34.7 Å². The van der Waals surface area contributed by atoms with Crippen molar-refractivity contribution in [1.82, 2.24) is 34.7 Å². The van der Waals surface area contributed by atoms with Gasteiger partial charge in [0.25, 0.3) is 0 Å². The summed E-state index contributed by atoms with van der Waals surface area (Å²) in [5.74, 6) is 1.12. The van der Waals surface area contributed by atoms with E-state index >= 15 is 0 Å². The second-order valence-corrected chi connectivity index (χ2v) is 6.59. The van der Waals surface area contributed by atoms with Crippen molar-refractivity contribution >= 4 is 11.0 Å². The van der Waals surface area contributed by atoms with Crippen LogP contribution in [0.25, 0.3) is 16.7 Å². The summed E-state index contributed by atoms with van der Waals surface area (Å²) >= 11 is 0. The molecule has 0 aliphatic rings. The molecule has 1 aromatic carbocycles. The SMILES string of the molecule is CC(C)(C)n1ncc2c(Oc3cccc(-n4ccnn4)c3)ncnc21. The largest absolute Gasteiger partial charge is 0.438 e. The fourth-order valence-corrected chi connectivity index (χ4v) is 2.54. The maximum absolute atomic E-state index is 5.99. The Bertz CT molecular complexity index is 1020. The van der Waals surface area contributed by atoms with E-state index < -0.39 is 0 Å². The summed E-state index contributed by atoms with van der Waals surface area (Å²) < 4.78 is 9.52. The quantitative estimate of drug-likeness (QED) is 0.572. The second kappa shape index (κ2) is 5.66. The number of benzene rings is 1. The molecule has 0 unspecified atom stereocenters. The summed E-state index contributed by atoms with van der Waals surface area (Å²) in [6, 6.07) is 7.55. The van der Waals surface area contributed by atoms with Gasteiger partial charge in [0.1, 0.15) is 17.5 Å². The number of fused-ring (bicyclic) bond motifs is 1. The van der Waals surface area contributed by atoms with E-state index in [1.165, 1.54) is 6.33 Å². The minimum absolute atomic E-state index is 0.180. The van der Waals surface area contributed by atoms with Crippen LogP contribution in [0.1, 0.15) is 20.8 Å². The summed E-state index contributed by atoms with van der Waals surface area (Å²) in [7, 11) is 0. The first kappa shape index (κ1) is 15.3. The first-order chi connectivity index (χ1) is 12.0. The van der Waals surface area contributed by atoms with Crippen molar-refractivity contribution in [3.05, 3.63) is 49.2 Å². The third-order valence-corrected chi connectivity index (χ3v) is 3.68. The van der Waals surface area contributed by atoms with Crippen LogP contribution in [0.5, 0.6) is 11.6 Å². The van der Waals surface area contributed by atoms with Crippen molar-refractivity contribution in [3.63, 3.8) is 0 Å². The molecule has 126 valence electrons. The lowest BCUT2D eigenvalue weighted by Crippen LogP contribution is -2.23. The topological polar surface area (TPSA) is 83.5 Å². The van der Waals surface area contributed by atoms with Crippen molar-refractivity contribution < 1.29 is 4.74 Å². The molecule has 0 bridgehead atoms. The molecule has 0 fully saturated rings. The fourth-order valence-electron chi connectivity index (χ4n) is 2.54. The number of hydrogen-bond donors (Lipinski definition) is 0. The van der Waals surface area contributed by atoms with Crippen LogP contribution >= 0.6 is 0 Å². The Kier molecular flexibility index (Phi) is 3.45. The molecule has 8 nitrogen and oxygen atoms in total. The van der Waals surface area contributed by atoms with Gasteiger partial charge in [0.15, 0.2) is 5.65 Å². The molecule has 3 aromatic heterocycles. The Balaban J connectivity index is 1.72. The normalized spacial score (nSPS) is 11.8. The lowest BCUT2D eigenvalue weighted by Gasteiger charge is -2.19. The standard InChI is InChI=1S/C17H17N7O/c1-17(2,3)24-15-14(10-21-24)16(19-11-18-15)25-13-6-4-5-12(9-13)23-8-7-20-22-23/h4-11H,1-3H3. The molecule has 8 heteroatoms. The maximum atomic E-state index is 5.99. The highest BCUT2D eigenvalue weighted by Crippen LogP contribution is 2.29. The summed E-state index contributed by atoms with van der Waals surface area (Å²) in [5, 5.41) is 13.0. The Morgan fingerprint density at radius 3 is 2.76 bits per heavy atom.